The second kappa shape index (κ2) is 11.7. The number of aryl methyl sites for hydroxylation is 1. The van der Waals surface area contributed by atoms with E-state index < -0.39 is 18.0 Å². The number of nitrogens with one attached hydrogen (secondary N) is 3. The number of nitrogens with zero attached hydrogens (tertiary/aromatic N) is 2. The van der Waals surface area contributed by atoms with Gasteiger partial charge in [0.05, 0.1) is 16.7 Å². The van der Waals surface area contributed by atoms with Crippen LogP contribution in [0.1, 0.15) is 28.8 Å². The largest absolute Gasteiger partial charge is 0.573 e. The summed E-state index contributed by atoms with van der Waals surface area (Å²) in [6.45, 7) is 1.19. The highest BCUT2D eigenvalue weighted by Crippen LogP contribution is 2.30. The number of fused-ring (bicyclic) bond motifs is 3. The Morgan fingerprint density at radius 3 is 2.64 bits per heavy atom. The fourth-order valence-electron chi connectivity index (χ4n) is 4.11. The number of amides is 2. The van der Waals surface area contributed by atoms with Crippen LogP contribution in [0.3, 0.4) is 0 Å². The molecule has 0 aliphatic heterocycles. The van der Waals surface area contributed by atoms with E-state index >= 15 is 0 Å². The van der Waals surface area contributed by atoms with E-state index in [1.54, 1.807) is 24.4 Å². The van der Waals surface area contributed by atoms with Gasteiger partial charge in [-0.05, 0) is 36.2 Å². The van der Waals surface area contributed by atoms with E-state index in [4.69, 9.17) is 17.3 Å². The normalized spacial score (nSPS) is 11.7. The molecular formula is C25H24ClF3N6O4. The number of halogens is 4. The molecule has 0 aliphatic carbocycles. The highest BCUT2D eigenvalue weighted by molar-refractivity contribution is 6.32. The standard InChI is InChI=1S/C25H24ClF3N6O4/c26-18-10-14(2-5-20(18)39-25(27,28)29)12-31-8-6-21(36)32-7-1-9-35-19-11-15(23(30)37)3-4-16(19)17-13-33-34-22(17)24(35)38/h2-5,10-11,13,31H,1,6-9,12H2,(H2,30,37)(H,32,36)(H,33,34). The molecule has 0 atom stereocenters. The van der Waals surface area contributed by atoms with Gasteiger partial charge >= 0.3 is 6.36 Å². The lowest BCUT2D eigenvalue weighted by Gasteiger charge is -2.13. The summed E-state index contributed by atoms with van der Waals surface area (Å²) < 4.78 is 42.4. The number of hydrogen-bond donors (Lipinski definition) is 4. The average molecular weight is 565 g/mol. The van der Waals surface area contributed by atoms with Gasteiger partial charge in [-0.3, -0.25) is 19.5 Å². The van der Waals surface area contributed by atoms with Crippen LogP contribution in [0.5, 0.6) is 5.75 Å². The molecule has 2 aromatic carbocycles. The van der Waals surface area contributed by atoms with E-state index in [-0.39, 0.29) is 35.0 Å². The molecule has 0 aliphatic rings. The van der Waals surface area contributed by atoms with Crippen LogP contribution in [0.25, 0.3) is 21.8 Å². The Labute approximate surface area is 224 Å². The summed E-state index contributed by atoms with van der Waals surface area (Å²) in [5.74, 6) is -1.31. The van der Waals surface area contributed by atoms with Crippen LogP contribution in [0.15, 0.2) is 47.4 Å². The van der Waals surface area contributed by atoms with Gasteiger partial charge in [0.1, 0.15) is 11.3 Å². The van der Waals surface area contributed by atoms with Gasteiger partial charge in [-0.15, -0.1) is 13.2 Å². The molecule has 4 rings (SSSR count). The van der Waals surface area contributed by atoms with E-state index in [0.717, 1.165) is 11.5 Å². The van der Waals surface area contributed by atoms with Crippen molar-refractivity contribution in [3.05, 3.63) is 69.1 Å². The Morgan fingerprint density at radius 2 is 1.92 bits per heavy atom. The van der Waals surface area contributed by atoms with Crippen LogP contribution >= 0.6 is 11.6 Å². The Morgan fingerprint density at radius 1 is 1.13 bits per heavy atom. The van der Waals surface area contributed by atoms with Crippen molar-refractivity contribution in [2.45, 2.75) is 32.3 Å². The Kier molecular flexibility index (Phi) is 8.41. The molecule has 0 bridgehead atoms. The van der Waals surface area contributed by atoms with Crippen molar-refractivity contribution in [2.75, 3.05) is 13.1 Å². The van der Waals surface area contributed by atoms with Crippen LogP contribution in [0, 0.1) is 0 Å². The summed E-state index contributed by atoms with van der Waals surface area (Å²) in [4.78, 5) is 36.9. The van der Waals surface area contributed by atoms with Crippen LogP contribution in [-0.4, -0.2) is 46.0 Å². The maximum Gasteiger partial charge on any atom is 0.573 e. The molecule has 2 amide bonds. The summed E-state index contributed by atoms with van der Waals surface area (Å²) in [7, 11) is 0. The van der Waals surface area contributed by atoms with Crippen LogP contribution in [0.4, 0.5) is 13.2 Å². The predicted octanol–water partition coefficient (Wildman–Crippen LogP) is 3.21. The van der Waals surface area contributed by atoms with Crippen molar-refractivity contribution in [2.24, 2.45) is 5.73 Å². The number of nitrogens with two attached hydrogens (primary N) is 1. The lowest BCUT2D eigenvalue weighted by atomic mass is 10.1. The molecule has 0 saturated carbocycles. The molecule has 5 N–H and O–H groups in total. The lowest BCUT2D eigenvalue weighted by Crippen LogP contribution is -2.30. The quantitative estimate of drug-likeness (QED) is 0.206. The maximum absolute atomic E-state index is 13.0. The molecule has 10 nitrogen and oxygen atoms in total. The minimum absolute atomic E-state index is 0.161. The molecule has 14 heteroatoms. The molecule has 2 heterocycles. The van der Waals surface area contributed by atoms with Crippen LogP contribution in [-0.2, 0) is 17.9 Å². The zero-order valence-corrected chi connectivity index (χ0v) is 21.2. The number of aromatic nitrogens is 3. The van der Waals surface area contributed by atoms with Gasteiger partial charge in [-0.1, -0.05) is 23.7 Å². The first-order valence-electron chi connectivity index (χ1n) is 11.8. The Hall–Kier alpha value is -4.10. The predicted molar refractivity (Wildman–Crippen MR) is 138 cm³/mol. The van der Waals surface area contributed by atoms with Crippen molar-refractivity contribution in [3.8, 4) is 5.75 Å². The van der Waals surface area contributed by atoms with Gasteiger partial charge in [0.15, 0.2) is 0 Å². The van der Waals surface area contributed by atoms with Gasteiger partial charge in [0.25, 0.3) is 5.56 Å². The Bertz CT molecular complexity index is 1580. The first-order valence-corrected chi connectivity index (χ1v) is 12.2. The fraction of sp³-hybridized carbons (Fsp3) is 0.280. The number of benzene rings is 2. The van der Waals surface area contributed by atoms with Crippen molar-refractivity contribution in [1.82, 2.24) is 25.4 Å². The number of carbonyl (C=O) groups is 2. The summed E-state index contributed by atoms with van der Waals surface area (Å²) in [5, 5.41) is 13.7. The van der Waals surface area contributed by atoms with Gasteiger partial charge in [-0.2, -0.15) is 5.10 Å². The zero-order chi connectivity index (χ0) is 28.2. The van der Waals surface area contributed by atoms with E-state index in [2.05, 4.69) is 25.6 Å². The molecule has 0 spiro atoms. The minimum Gasteiger partial charge on any atom is -0.404 e. The number of carbonyl (C=O) groups excluding carboxylic acids is 2. The topological polar surface area (TPSA) is 144 Å². The number of ether oxygens (including phenoxy) is 1. The van der Waals surface area contributed by atoms with Gasteiger partial charge in [-0.25, -0.2) is 0 Å². The number of rotatable bonds is 11. The van der Waals surface area contributed by atoms with E-state index in [9.17, 15) is 27.6 Å². The van der Waals surface area contributed by atoms with Crippen molar-refractivity contribution in [3.63, 3.8) is 0 Å². The van der Waals surface area contributed by atoms with Gasteiger partial charge in [0.2, 0.25) is 11.8 Å². The third-order valence-corrected chi connectivity index (χ3v) is 6.22. The lowest BCUT2D eigenvalue weighted by molar-refractivity contribution is -0.274. The van der Waals surface area contributed by atoms with E-state index in [1.807, 2.05) is 0 Å². The number of aromatic amines is 1. The van der Waals surface area contributed by atoms with Gasteiger partial charge in [0, 0.05) is 48.9 Å². The molecule has 4 aromatic rings. The zero-order valence-electron chi connectivity index (χ0n) is 20.4. The van der Waals surface area contributed by atoms with Crippen LogP contribution in [0.2, 0.25) is 5.02 Å². The summed E-state index contributed by atoms with van der Waals surface area (Å²) in [6, 6.07) is 8.81. The molecule has 206 valence electrons. The number of pyridine rings is 1. The van der Waals surface area contributed by atoms with E-state index in [1.165, 1.54) is 16.7 Å². The summed E-state index contributed by atoms with van der Waals surface area (Å²) in [5.41, 5.74) is 6.89. The smallest absolute Gasteiger partial charge is 0.404 e. The molecule has 0 saturated heterocycles. The van der Waals surface area contributed by atoms with Crippen molar-refractivity contribution >= 4 is 45.2 Å². The van der Waals surface area contributed by atoms with E-state index in [0.29, 0.717) is 48.0 Å². The number of hydrogen-bond acceptors (Lipinski definition) is 6. The molecule has 0 fully saturated rings. The molecule has 0 radical (unpaired) electrons. The SMILES string of the molecule is NC(=O)c1ccc2c3cn[nH]c3c(=O)n(CCCNC(=O)CCNCc3ccc(OC(F)(F)F)c(Cl)c3)c2c1. The fourth-order valence-corrected chi connectivity index (χ4v) is 4.35. The molecule has 0 unspecified atom stereocenters. The van der Waals surface area contributed by atoms with Crippen molar-refractivity contribution in [1.29, 1.82) is 0 Å². The number of primary amides is 1. The highest BCUT2D eigenvalue weighted by atomic mass is 35.5. The highest BCUT2D eigenvalue weighted by Gasteiger charge is 2.32. The monoisotopic (exact) mass is 564 g/mol. The third-order valence-electron chi connectivity index (χ3n) is 5.92. The molecule has 2 aromatic heterocycles. The first-order chi connectivity index (χ1) is 18.5. The number of H-pyrrole nitrogens is 1. The maximum atomic E-state index is 13.0. The average Bonchev–Trinajstić information content (AvgIpc) is 3.37. The molecular weight excluding hydrogens is 541 g/mol. The second-order valence-corrected chi connectivity index (χ2v) is 9.06. The van der Waals surface area contributed by atoms with Crippen molar-refractivity contribution < 1.29 is 27.5 Å². The summed E-state index contributed by atoms with van der Waals surface area (Å²) in [6.07, 6.45) is -2.68. The van der Waals surface area contributed by atoms with Gasteiger partial charge < -0.3 is 25.7 Å². The second-order valence-electron chi connectivity index (χ2n) is 8.65. The Balaban J connectivity index is 1.27. The third kappa shape index (κ3) is 6.86. The number of alkyl halides is 3. The minimum atomic E-state index is -4.83. The molecule has 39 heavy (non-hydrogen) atoms. The first kappa shape index (κ1) is 27.9. The summed E-state index contributed by atoms with van der Waals surface area (Å²) >= 11 is 5.84. The van der Waals surface area contributed by atoms with Crippen LogP contribution < -0.4 is 26.7 Å².